The highest BCUT2D eigenvalue weighted by Crippen LogP contribution is 2.27. The molecule has 0 bridgehead atoms. The highest BCUT2D eigenvalue weighted by Gasteiger charge is 2.40. The summed E-state index contributed by atoms with van der Waals surface area (Å²) < 4.78 is 29.1. The van der Waals surface area contributed by atoms with E-state index >= 15 is 0 Å². The first-order valence-electron chi connectivity index (χ1n) is 8.42. The Bertz CT molecular complexity index is 773. The van der Waals surface area contributed by atoms with Crippen molar-refractivity contribution in [2.75, 3.05) is 39.0 Å². The van der Waals surface area contributed by atoms with Gasteiger partial charge in [0.2, 0.25) is 0 Å². The molecular weight excluding hydrogens is 524 g/mol. The third kappa shape index (κ3) is 6.54. The largest absolute Gasteiger partial charge is 0.492 e. The van der Waals surface area contributed by atoms with Gasteiger partial charge in [0.05, 0.1) is 22.1 Å². The highest BCUT2D eigenvalue weighted by atomic mass is 127. The van der Waals surface area contributed by atoms with Crippen LogP contribution in [0.1, 0.15) is 20.3 Å². The molecule has 1 saturated heterocycles. The van der Waals surface area contributed by atoms with Crippen molar-refractivity contribution in [3.05, 3.63) is 28.2 Å². The molecule has 1 heterocycles. The molecule has 0 radical (unpaired) electrons. The molecule has 0 saturated carbocycles. The summed E-state index contributed by atoms with van der Waals surface area (Å²) in [6, 6.07) is 5.12. The summed E-state index contributed by atoms with van der Waals surface area (Å²) in [6.45, 7) is 5.53. The van der Waals surface area contributed by atoms with Crippen molar-refractivity contribution in [1.29, 1.82) is 0 Å². The number of sulfone groups is 1. The fourth-order valence-electron chi connectivity index (χ4n) is 2.70. The van der Waals surface area contributed by atoms with Crippen LogP contribution in [0.2, 0.25) is 10.0 Å². The number of benzene rings is 1. The van der Waals surface area contributed by atoms with Gasteiger partial charge in [-0.1, -0.05) is 23.2 Å². The minimum absolute atomic E-state index is 0. The molecule has 6 nitrogen and oxygen atoms in total. The smallest absolute Gasteiger partial charge is 0.193 e. The minimum Gasteiger partial charge on any atom is -0.492 e. The van der Waals surface area contributed by atoms with E-state index in [-0.39, 0.29) is 29.7 Å². The molecule has 1 aromatic carbocycles. The number of ether oxygens (including phenoxy) is 1. The molecule has 1 N–H and O–H groups in total. The third-order valence-electron chi connectivity index (χ3n) is 4.31. The lowest BCUT2D eigenvalue weighted by molar-refractivity contribution is 0.308. The first kappa shape index (κ1) is 24.6. The minimum atomic E-state index is -3.07. The summed E-state index contributed by atoms with van der Waals surface area (Å²) in [6.07, 6.45) is 0.744. The van der Waals surface area contributed by atoms with Gasteiger partial charge in [-0.3, -0.25) is 4.99 Å². The quantitative estimate of drug-likeness (QED) is 0.263. The zero-order valence-electron chi connectivity index (χ0n) is 15.7. The summed E-state index contributed by atoms with van der Waals surface area (Å²) in [5.74, 6) is 1.44. The second kappa shape index (κ2) is 10.4. The number of aliphatic imine (C=N–C) groups is 1. The Hall–Kier alpha value is -0.450. The van der Waals surface area contributed by atoms with Gasteiger partial charge in [0, 0.05) is 31.7 Å². The number of halogens is 3. The van der Waals surface area contributed by atoms with Crippen molar-refractivity contribution >= 4 is 63.0 Å². The molecule has 154 valence electrons. The fraction of sp³-hybridized carbons (Fsp3) is 0.588. The van der Waals surface area contributed by atoms with Gasteiger partial charge in [0.15, 0.2) is 15.8 Å². The lowest BCUT2D eigenvalue weighted by Crippen LogP contribution is -2.57. The van der Waals surface area contributed by atoms with Crippen molar-refractivity contribution in [2.24, 2.45) is 4.99 Å². The molecular formula is C17H26Cl2IN3O3S. The van der Waals surface area contributed by atoms with Gasteiger partial charge in [0.25, 0.3) is 0 Å². The van der Waals surface area contributed by atoms with E-state index in [0.29, 0.717) is 48.0 Å². The first-order valence-corrected chi connectivity index (χ1v) is 10.8. The van der Waals surface area contributed by atoms with Crippen LogP contribution in [0.4, 0.5) is 0 Å². The number of hydrogen-bond donors (Lipinski definition) is 1. The monoisotopic (exact) mass is 549 g/mol. The van der Waals surface area contributed by atoms with Gasteiger partial charge in [-0.2, -0.15) is 0 Å². The summed E-state index contributed by atoms with van der Waals surface area (Å²) in [5.41, 5.74) is 0. The van der Waals surface area contributed by atoms with E-state index in [1.165, 1.54) is 0 Å². The van der Waals surface area contributed by atoms with Gasteiger partial charge in [-0.15, -0.1) is 24.0 Å². The summed E-state index contributed by atoms with van der Waals surface area (Å²) >= 11 is 11.9. The second-order valence-electron chi connectivity index (χ2n) is 6.75. The molecule has 1 fully saturated rings. The standard InChI is InChI=1S/C17H25Cl2N3O3S.HI/c1-17(2)12-22(8-10-26(17,23)24)16(20-3)21-7-4-9-25-15-6-5-13(18)11-14(15)19;/h5-6,11H,4,7-10,12H2,1-3H3,(H,20,21);1H. The van der Waals surface area contributed by atoms with E-state index in [2.05, 4.69) is 10.3 Å². The van der Waals surface area contributed by atoms with Crippen molar-refractivity contribution in [1.82, 2.24) is 10.2 Å². The molecule has 27 heavy (non-hydrogen) atoms. The van der Waals surface area contributed by atoms with E-state index in [9.17, 15) is 8.42 Å². The Morgan fingerprint density at radius 3 is 2.67 bits per heavy atom. The summed E-state index contributed by atoms with van der Waals surface area (Å²) in [5, 5.41) is 4.31. The molecule has 10 heteroatoms. The Kier molecular flexibility index (Phi) is 9.44. The molecule has 2 rings (SSSR count). The number of nitrogens with one attached hydrogen (secondary N) is 1. The third-order valence-corrected chi connectivity index (χ3v) is 7.37. The maximum Gasteiger partial charge on any atom is 0.193 e. The lowest BCUT2D eigenvalue weighted by atomic mass is 10.2. The maximum absolute atomic E-state index is 12.1. The van der Waals surface area contributed by atoms with Crippen LogP contribution in [0.3, 0.4) is 0 Å². The van der Waals surface area contributed by atoms with Crippen molar-refractivity contribution in [3.8, 4) is 5.75 Å². The molecule has 1 aromatic rings. The molecule has 0 unspecified atom stereocenters. The van der Waals surface area contributed by atoms with Crippen molar-refractivity contribution < 1.29 is 13.2 Å². The van der Waals surface area contributed by atoms with Crippen LogP contribution in [0.25, 0.3) is 0 Å². The first-order chi connectivity index (χ1) is 12.2. The van der Waals surface area contributed by atoms with Gasteiger partial charge in [-0.05, 0) is 38.5 Å². The molecule has 0 spiro atoms. The molecule has 0 amide bonds. The topological polar surface area (TPSA) is 71.0 Å². The van der Waals surface area contributed by atoms with Crippen LogP contribution in [-0.4, -0.2) is 63.1 Å². The Balaban J connectivity index is 0.00000364. The number of guanidine groups is 1. The van der Waals surface area contributed by atoms with Crippen molar-refractivity contribution in [2.45, 2.75) is 25.0 Å². The van der Waals surface area contributed by atoms with Gasteiger partial charge in [0.1, 0.15) is 5.75 Å². The Morgan fingerprint density at radius 1 is 1.37 bits per heavy atom. The highest BCUT2D eigenvalue weighted by molar-refractivity contribution is 14.0. The summed E-state index contributed by atoms with van der Waals surface area (Å²) in [7, 11) is -1.37. The SMILES string of the molecule is CN=C(NCCCOc1ccc(Cl)cc1Cl)N1CCS(=O)(=O)C(C)(C)C1.I. The van der Waals surface area contributed by atoms with E-state index in [1.54, 1.807) is 39.1 Å². The zero-order valence-corrected chi connectivity index (χ0v) is 20.3. The van der Waals surface area contributed by atoms with Crippen LogP contribution >= 0.6 is 47.2 Å². The Labute approximate surface area is 188 Å². The van der Waals surface area contributed by atoms with Gasteiger partial charge >= 0.3 is 0 Å². The zero-order chi connectivity index (χ0) is 19.4. The van der Waals surface area contributed by atoms with Crippen LogP contribution in [0.15, 0.2) is 23.2 Å². The van der Waals surface area contributed by atoms with Gasteiger partial charge in [-0.25, -0.2) is 8.42 Å². The van der Waals surface area contributed by atoms with E-state index in [0.717, 1.165) is 6.42 Å². The van der Waals surface area contributed by atoms with E-state index in [1.807, 2.05) is 4.90 Å². The number of hydrogen-bond acceptors (Lipinski definition) is 4. The van der Waals surface area contributed by atoms with Crippen LogP contribution in [0, 0.1) is 0 Å². The Morgan fingerprint density at radius 2 is 2.07 bits per heavy atom. The van der Waals surface area contributed by atoms with E-state index < -0.39 is 14.6 Å². The number of rotatable bonds is 5. The predicted molar refractivity (Wildman–Crippen MR) is 123 cm³/mol. The van der Waals surface area contributed by atoms with Crippen LogP contribution < -0.4 is 10.1 Å². The average molecular weight is 550 g/mol. The maximum atomic E-state index is 12.1. The molecule has 0 aliphatic carbocycles. The van der Waals surface area contributed by atoms with Crippen molar-refractivity contribution in [3.63, 3.8) is 0 Å². The molecule has 1 aliphatic heterocycles. The van der Waals surface area contributed by atoms with Gasteiger partial charge < -0.3 is 15.0 Å². The fourth-order valence-corrected chi connectivity index (χ4v) is 4.53. The van der Waals surface area contributed by atoms with Crippen LogP contribution in [0.5, 0.6) is 5.75 Å². The van der Waals surface area contributed by atoms with E-state index in [4.69, 9.17) is 27.9 Å². The lowest BCUT2D eigenvalue weighted by Gasteiger charge is -2.39. The second-order valence-corrected chi connectivity index (χ2v) is 10.3. The molecule has 0 atom stereocenters. The average Bonchev–Trinajstić information content (AvgIpc) is 2.55. The predicted octanol–water partition coefficient (Wildman–Crippen LogP) is 3.46. The van der Waals surface area contributed by atoms with Crippen LogP contribution in [-0.2, 0) is 9.84 Å². The molecule has 0 aromatic heterocycles. The molecule has 1 aliphatic rings. The number of nitrogens with zero attached hydrogens (tertiary/aromatic N) is 2. The normalized spacial score (nSPS) is 18.6. The summed E-state index contributed by atoms with van der Waals surface area (Å²) in [4.78, 5) is 6.25.